The van der Waals surface area contributed by atoms with Crippen LogP contribution in [0.15, 0.2) is 30.3 Å². The average Bonchev–Trinajstić information content (AvgIpc) is 2.66. The highest BCUT2D eigenvalue weighted by atomic mass is 35.5. The molecule has 1 aliphatic carbocycles. The molecule has 2 rings (SSSR count). The molecule has 0 aliphatic heterocycles. The highest BCUT2D eigenvalue weighted by Crippen LogP contribution is 2.24. The molecule has 0 aromatic heterocycles. The number of aliphatic hydroxyl groups excluding tert-OH is 1. The highest BCUT2D eigenvalue weighted by molar-refractivity contribution is 5.85. The van der Waals surface area contributed by atoms with E-state index < -0.39 is 0 Å². The van der Waals surface area contributed by atoms with Crippen LogP contribution in [0.4, 0.5) is 0 Å². The molecule has 16 heavy (non-hydrogen) atoms. The summed E-state index contributed by atoms with van der Waals surface area (Å²) in [5.74, 6) is 0.466. The Morgan fingerprint density at radius 1 is 1.19 bits per heavy atom. The Kier molecular flexibility index (Phi) is 5.81. The number of rotatable bonds is 4. The molecule has 0 radical (unpaired) electrons. The molecule has 0 spiro atoms. The maximum atomic E-state index is 9.65. The summed E-state index contributed by atoms with van der Waals surface area (Å²) in [4.78, 5) is 0. The van der Waals surface area contributed by atoms with Crippen LogP contribution in [0, 0.1) is 5.92 Å². The number of hydrogen-bond acceptors (Lipinski definition) is 2. The molecule has 3 heteroatoms. The smallest absolute Gasteiger partial charge is 0.0580 e. The summed E-state index contributed by atoms with van der Waals surface area (Å²) in [6, 6.07) is 10.4. The Bertz CT molecular complexity index is 291. The minimum atomic E-state index is -0.0757. The standard InChI is InChI=1S/C13H19NO.ClH/c15-13-8-4-7-12(13)10-14-9-11-5-2-1-3-6-11;/h1-3,5-6,12-15H,4,7-10H2;1H/t12-,13-;/m1./s1. The van der Waals surface area contributed by atoms with Gasteiger partial charge in [-0.2, -0.15) is 0 Å². The fourth-order valence-electron chi connectivity index (χ4n) is 2.25. The third-order valence-electron chi connectivity index (χ3n) is 3.20. The van der Waals surface area contributed by atoms with Crippen molar-refractivity contribution in [1.29, 1.82) is 0 Å². The van der Waals surface area contributed by atoms with E-state index in [-0.39, 0.29) is 18.5 Å². The van der Waals surface area contributed by atoms with Crippen molar-refractivity contribution in [3.63, 3.8) is 0 Å². The monoisotopic (exact) mass is 241 g/mol. The molecule has 0 unspecified atom stereocenters. The van der Waals surface area contributed by atoms with Gasteiger partial charge >= 0.3 is 0 Å². The second kappa shape index (κ2) is 6.89. The Morgan fingerprint density at radius 3 is 2.56 bits per heavy atom. The van der Waals surface area contributed by atoms with E-state index in [0.717, 1.165) is 19.5 Å². The van der Waals surface area contributed by atoms with E-state index in [2.05, 4.69) is 29.6 Å². The van der Waals surface area contributed by atoms with Gasteiger partial charge in [0.15, 0.2) is 0 Å². The van der Waals surface area contributed by atoms with Crippen LogP contribution in [0.3, 0.4) is 0 Å². The Balaban J connectivity index is 0.00000128. The van der Waals surface area contributed by atoms with Crippen molar-refractivity contribution in [2.75, 3.05) is 6.54 Å². The van der Waals surface area contributed by atoms with Crippen LogP contribution < -0.4 is 5.32 Å². The molecule has 2 N–H and O–H groups in total. The summed E-state index contributed by atoms with van der Waals surface area (Å²) in [5.41, 5.74) is 1.31. The summed E-state index contributed by atoms with van der Waals surface area (Å²) >= 11 is 0. The number of aliphatic hydroxyl groups is 1. The first kappa shape index (κ1) is 13.5. The normalized spacial score (nSPS) is 24.1. The molecule has 0 saturated heterocycles. The van der Waals surface area contributed by atoms with Gasteiger partial charge in [-0.3, -0.25) is 0 Å². The first-order valence-electron chi connectivity index (χ1n) is 5.79. The van der Waals surface area contributed by atoms with E-state index in [1.54, 1.807) is 0 Å². The van der Waals surface area contributed by atoms with Crippen LogP contribution >= 0.6 is 12.4 Å². The summed E-state index contributed by atoms with van der Waals surface area (Å²) < 4.78 is 0. The number of nitrogens with one attached hydrogen (secondary N) is 1. The Labute approximate surface area is 103 Å². The van der Waals surface area contributed by atoms with Crippen molar-refractivity contribution in [2.24, 2.45) is 5.92 Å². The van der Waals surface area contributed by atoms with Gasteiger partial charge in [0.1, 0.15) is 0 Å². The van der Waals surface area contributed by atoms with Gasteiger partial charge in [0.05, 0.1) is 6.10 Å². The molecule has 1 saturated carbocycles. The quantitative estimate of drug-likeness (QED) is 0.848. The maximum absolute atomic E-state index is 9.65. The van der Waals surface area contributed by atoms with Gasteiger partial charge in [-0.1, -0.05) is 36.8 Å². The lowest BCUT2D eigenvalue weighted by Gasteiger charge is -2.14. The first-order chi connectivity index (χ1) is 7.36. The van der Waals surface area contributed by atoms with Gasteiger partial charge in [-0.25, -0.2) is 0 Å². The van der Waals surface area contributed by atoms with Crippen LogP contribution in [0.2, 0.25) is 0 Å². The minimum Gasteiger partial charge on any atom is -0.393 e. The first-order valence-corrected chi connectivity index (χ1v) is 5.79. The number of hydrogen-bond donors (Lipinski definition) is 2. The zero-order chi connectivity index (χ0) is 10.5. The van der Waals surface area contributed by atoms with E-state index in [1.807, 2.05) is 6.07 Å². The Morgan fingerprint density at radius 2 is 1.94 bits per heavy atom. The van der Waals surface area contributed by atoms with Crippen molar-refractivity contribution in [2.45, 2.75) is 31.9 Å². The largest absolute Gasteiger partial charge is 0.393 e. The van der Waals surface area contributed by atoms with Gasteiger partial charge in [-0.15, -0.1) is 12.4 Å². The van der Waals surface area contributed by atoms with Crippen LogP contribution in [0.1, 0.15) is 24.8 Å². The van der Waals surface area contributed by atoms with Gasteiger partial charge in [0.25, 0.3) is 0 Å². The Hall–Kier alpha value is -0.570. The predicted octanol–water partition coefficient (Wildman–Crippen LogP) is 2.36. The second-order valence-electron chi connectivity index (χ2n) is 4.37. The molecule has 1 aromatic carbocycles. The van der Waals surface area contributed by atoms with Gasteiger partial charge in [0.2, 0.25) is 0 Å². The predicted molar refractivity (Wildman–Crippen MR) is 68.7 cm³/mol. The molecular weight excluding hydrogens is 222 g/mol. The molecule has 0 amide bonds. The summed E-state index contributed by atoms with van der Waals surface area (Å²) in [7, 11) is 0. The minimum absolute atomic E-state index is 0. The second-order valence-corrected chi connectivity index (χ2v) is 4.37. The average molecular weight is 242 g/mol. The molecule has 2 nitrogen and oxygen atoms in total. The molecule has 1 fully saturated rings. The van der Waals surface area contributed by atoms with E-state index in [1.165, 1.54) is 18.4 Å². The molecule has 0 bridgehead atoms. The van der Waals surface area contributed by atoms with Crippen molar-refractivity contribution in [3.8, 4) is 0 Å². The number of halogens is 1. The molecule has 1 aliphatic rings. The van der Waals surface area contributed by atoms with Gasteiger partial charge in [0, 0.05) is 13.1 Å². The molecule has 2 atom stereocenters. The lowest BCUT2D eigenvalue weighted by Crippen LogP contribution is -2.27. The van der Waals surface area contributed by atoms with E-state index in [4.69, 9.17) is 0 Å². The number of benzene rings is 1. The molecule has 1 aromatic rings. The third kappa shape index (κ3) is 3.78. The summed E-state index contributed by atoms with van der Waals surface area (Å²) in [6.45, 7) is 1.85. The summed E-state index contributed by atoms with van der Waals surface area (Å²) in [6.07, 6.45) is 3.26. The van der Waals surface area contributed by atoms with Crippen molar-refractivity contribution in [3.05, 3.63) is 35.9 Å². The van der Waals surface area contributed by atoms with Crippen molar-refractivity contribution >= 4 is 12.4 Å². The lowest BCUT2D eigenvalue weighted by atomic mass is 10.1. The van der Waals surface area contributed by atoms with Crippen molar-refractivity contribution < 1.29 is 5.11 Å². The molecule has 90 valence electrons. The zero-order valence-electron chi connectivity index (χ0n) is 9.43. The molecule has 0 heterocycles. The topological polar surface area (TPSA) is 32.3 Å². The SMILES string of the molecule is Cl.O[C@@H]1CCC[C@@H]1CNCc1ccccc1. The van der Waals surface area contributed by atoms with E-state index in [0.29, 0.717) is 5.92 Å². The highest BCUT2D eigenvalue weighted by Gasteiger charge is 2.24. The fourth-order valence-corrected chi connectivity index (χ4v) is 2.25. The van der Waals surface area contributed by atoms with Gasteiger partial charge in [-0.05, 0) is 24.3 Å². The summed E-state index contributed by atoms with van der Waals surface area (Å²) in [5, 5.41) is 13.1. The van der Waals surface area contributed by atoms with Crippen LogP contribution in [0.25, 0.3) is 0 Å². The van der Waals surface area contributed by atoms with Crippen LogP contribution in [-0.2, 0) is 6.54 Å². The van der Waals surface area contributed by atoms with E-state index in [9.17, 15) is 5.11 Å². The fraction of sp³-hybridized carbons (Fsp3) is 0.538. The van der Waals surface area contributed by atoms with E-state index >= 15 is 0 Å². The maximum Gasteiger partial charge on any atom is 0.0580 e. The van der Waals surface area contributed by atoms with Crippen molar-refractivity contribution in [1.82, 2.24) is 5.32 Å². The third-order valence-corrected chi connectivity index (χ3v) is 3.20. The molecular formula is C13H20ClNO. The zero-order valence-corrected chi connectivity index (χ0v) is 10.2. The lowest BCUT2D eigenvalue weighted by molar-refractivity contribution is 0.131. The van der Waals surface area contributed by atoms with Gasteiger partial charge < -0.3 is 10.4 Å². The van der Waals surface area contributed by atoms with Crippen LogP contribution in [-0.4, -0.2) is 17.8 Å². The van der Waals surface area contributed by atoms with Crippen LogP contribution in [0.5, 0.6) is 0 Å².